The highest BCUT2D eigenvalue weighted by molar-refractivity contribution is 5.33. The molecule has 1 aliphatic heterocycles. The first-order valence-electron chi connectivity index (χ1n) is 6.88. The molecule has 0 spiro atoms. The van der Waals surface area contributed by atoms with E-state index in [1.54, 1.807) is 0 Å². The maximum absolute atomic E-state index is 4.59. The van der Waals surface area contributed by atoms with Gasteiger partial charge >= 0.3 is 0 Å². The van der Waals surface area contributed by atoms with E-state index >= 15 is 0 Å². The monoisotopic (exact) mass is 256 g/mol. The van der Waals surface area contributed by atoms with Crippen molar-refractivity contribution in [1.29, 1.82) is 0 Å². The number of aromatic nitrogens is 3. The van der Waals surface area contributed by atoms with Crippen LogP contribution in [0.3, 0.4) is 0 Å². The SMILES string of the molecule is Cc1ccc(C2CNc3nc(C(C)C)nn3C2)cc1. The minimum Gasteiger partial charge on any atom is -0.354 e. The van der Waals surface area contributed by atoms with Crippen molar-refractivity contribution in [3.05, 3.63) is 41.2 Å². The Hall–Kier alpha value is -1.84. The Morgan fingerprint density at radius 2 is 2.00 bits per heavy atom. The van der Waals surface area contributed by atoms with E-state index in [9.17, 15) is 0 Å². The topological polar surface area (TPSA) is 42.7 Å². The molecule has 4 nitrogen and oxygen atoms in total. The molecular formula is C15H20N4. The van der Waals surface area contributed by atoms with Gasteiger partial charge < -0.3 is 5.32 Å². The second-order valence-electron chi connectivity index (χ2n) is 5.62. The molecule has 1 N–H and O–H groups in total. The van der Waals surface area contributed by atoms with Gasteiger partial charge in [0.05, 0.1) is 6.54 Å². The van der Waals surface area contributed by atoms with Crippen LogP contribution in [-0.4, -0.2) is 21.3 Å². The molecule has 1 unspecified atom stereocenters. The maximum atomic E-state index is 4.59. The Balaban J connectivity index is 1.83. The smallest absolute Gasteiger partial charge is 0.221 e. The van der Waals surface area contributed by atoms with E-state index in [0.29, 0.717) is 11.8 Å². The van der Waals surface area contributed by atoms with E-state index in [-0.39, 0.29) is 0 Å². The summed E-state index contributed by atoms with van der Waals surface area (Å²) < 4.78 is 2.00. The van der Waals surface area contributed by atoms with Gasteiger partial charge in [-0.1, -0.05) is 43.7 Å². The van der Waals surface area contributed by atoms with Crippen LogP contribution in [0.1, 0.15) is 42.6 Å². The van der Waals surface area contributed by atoms with Crippen molar-refractivity contribution < 1.29 is 0 Å². The van der Waals surface area contributed by atoms with Crippen LogP contribution in [0, 0.1) is 6.92 Å². The molecule has 1 aromatic heterocycles. The van der Waals surface area contributed by atoms with Crippen LogP contribution >= 0.6 is 0 Å². The fraction of sp³-hybridized carbons (Fsp3) is 0.467. The highest BCUT2D eigenvalue weighted by Gasteiger charge is 2.22. The number of hydrogen-bond donors (Lipinski definition) is 1. The summed E-state index contributed by atoms with van der Waals surface area (Å²) in [7, 11) is 0. The van der Waals surface area contributed by atoms with Gasteiger partial charge in [-0.15, -0.1) is 0 Å². The lowest BCUT2D eigenvalue weighted by Gasteiger charge is -2.24. The largest absolute Gasteiger partial charge is 0.354 e. The van der Waals surface area contributed by atoms with Gasteiger partial charge in [-0.3, -0.25) is 0 Å². The van der Waals surface area contributed by atoms with Gasteiger partial charge in [0.1, 0.15) is 0 Å². The molecule has 0 bridgehead atoms. The third kappa shape index (κ3) is 2.35. The van der Waals surface area contributed by atoms with Crippen LogP contribution in [0.4, 0.5) is 5.95 Å². The molecular weight excluding hydrogens is 236 g/mol. The lowest BCUT2D eigenvalue weighted by atomic mass is 9.97. The summed E-state index contributed by atoms with van der Waals surface area (Å²) in [6, 6.07) is 8.78. The van der Waals surface area contributed by atoms with Gasteiger partial charge in [0.2, 0.25) is 5.95 Å². The van der Waals surface area contributed by atoms with Crippen molar-refractivity contribution in [3.63, 3.8) is 0 Å². The molecule has 0 saturated carbocycles. The molecule has 19 heavy (non-hydrogen) atoms. The third-order valence-electron chi connectivity index (χ3n) is 3.65. The zero-order valence-corrected chi connectivity index (χ0v) is 11.7. The van der Waals surface area contributed by atoms with Gasteiger partial charge in [0.15, 0.2) is 5.82 Å². The molecule has 2 aromatic rings. The Kier molecular flexibility index (Phi) is 3.01. The summed E-state index contributed by atoms with van der Waals surface area (Å²) in [4.78, 5) is 4.53. The molecule has 3 rings (SSSR count). The highest BCUT2D eigenvalue weighted by Crippen LogP contribution is 2.25. The zero-order valence-electron chi connectivity index (χ0n) is 11.7. The van der Waals surface area contributed by atoms with E-state index in [2.05, 4.69) is 60.4 Å². The molecule has 0 fully saturated rings. The van der Waals surface area contributed by atoms with E-state index in [1.165, 1.54) is 11.1 Å². The van der Waals surface area contributed by atoms with Gasteiger partial charge in [-0.25, -0.2) is 4.68 Å². The fourth-order valence-corrected chi connectivity index (χ4v) is 2.41. The first kappa shape index (κ1) is 12.2. The zero-order chi connectivity index (χ0) is 13.4. The third-order valence-corrected chi connectivity index (χ3v) is 3.65. The molecule has 1 aliphatic rings. The van der Waals surface area contributed by atoms with Gasteiger partial charge in [-0.05, 0) is 12.5 Å². The standard InChI is InChI=1S/C15H20N4/c1-10(2)14-17-15-16-8-13(9-19(15)18-14)12-6-4-11(3)5-7-12/h4-7,10,13H,8-9H2,1-3H3,(H,16,17,18). The number of aryl methyl sites for hydroxylation is 1. The molecule has 100 valence electrons. The Labute approximate surface area is 113 Å². The first-order chi connectivity index (χ1) is 9.13. The predicted molar refractivity (Wildman–Crippen MR) is 76.5 cm³/mol. The van der Waals surface area contributed by atoms with E-state index in [1.807, 2.05) is 4.68 Å². The minimum absolute atomic E-state index is 0.373. The van der Waals surface area contributed by atoms with Gasteiger partial charge in [0, 0.05) is 18.4 Å². The van der Waals surface area contributed by atoms with Crippen LogP contribution in [0.5, 0.6) is 0 Å². The molecule has 0 radical (unpaired) electrons. The number of nitrogens with one attached hydrogen (secondary N) is 1. The summed E-state index contributed by atoms with van der Waals surface area (Å²) in [5.74, 6) is 2.67. The molecule has 0 aliphatic carbocycles. The molecule has 1 atom stereocenters. The molecule has 2 heterocycles. The van der Waals surface area contributed by atoms with Crippen LogP contribution in [0.25, 0.3) is 0 Å². The lowest BCUT2D eigenvalue weighted by molar-refractivity contribution is 0.499. The van der Waals surface area contributed by atoms with E-state index in [4.69, 9.17) is 0 Å². The van der Waals surface area contributed by atoms with Crippen LogP contribution in [0.2, 0.25) is 0 Å². The summed E-state index contributed by atoms with van der Waals surface area (Å²) in [6.45, 7) is 8.20. The number of hydrogen-bond acceptors (Lipinski definition) is 3. The van der Waals surface area contributed by atoms with Crippen molar-refractivity contribution in [1.82, 2.24) is 14.8 Å². The summed E-state index contributed by atoms with van der Waals surface area (Å²) in [5.41, 5.74) is 2.67. The quantitative estimate of drug-likeness (QED) is 0.898. The summed E-state index contributed by atoms with van der Waals surface area (Å²) in [5, 5.41) is 7.98. The van der Waals surface area contributed by atoms with Crippen LogP contribution < -0.4 is 5.32 Å². The number of anilines is 1. The van der Waals surface area contributed by atoms with E-state index < -0.39 is 0 Å². The number of fused-ring (bicyclic) bond motifs is 1. The normalized spacial score (nSPS) is 18.2. The molecule has 1 aromatic carbocycles. The fourth-order valence-electron chi connectivity index (χ4n) is 2.41. The Bertz CT molecular complexity index is 568. The second-order valence-corrected chi connectivity index (χ2v) is 5.62. The van der Waals surface area contributed by atoms with E-state index in [0.717, 1.165) is 24.9 Å². The number of nitrogens with zero attached hydrogens (tertiary/aromatic N) is 3. The van der Waals surface area contributed by atoms with Crippen molar-refractivity contribution in [3.8, 4) is 0 Å². The maximum Gasteiger partial charge on any atom is 0.221 e. The Morgan fingerprint density at radius 1 is 1.26 bits per heavy atom. The summed E-state index contributed by atoms with van der Waals surface area (Å²) in [6.07, 6.45) is 0. The highest BCUT2D eigenvalue weighted by atomic mass is 15.4. The minimum atomic E-state index is 0.373. The van der Waals surface area contributed by atoms with Crippen molar-refractivity contribution in [2.75, 3.05) is 11.9 Å². The van der Waals surface area contributed by atoms with Gasteiger partial charge in [-0.2, -0.15) is 10.1 Å². The van der Waals surface area contributed by atoms with Crippen LogP contribution in [0.15, 0.2) is 24.3 Å². The van der Waals surface area contributed by atoms with Crippen molar-refractivity contribution >= 4 is 5.95 Å². The second kappa shape index (κ2) is 4.68. The molecule has 0 amide bonds. The molecule has 0 saturated heterocycles. The average molecular weight is 256 g/mol. The average Bonchev–Trinajstić information content (AvgIpc) is 2.82. The number of benzene rings is 1. The van der Waals surface area contributed by atoms with Gasteiger partial charge in [0.25, 0.3) is 0 Å². The van der Waals surface area contributed by atoms with Crippen LogP contribution in [-0.2, 0) is 6.54 Å². The summed E-state index contributed by atoms with van der Waals surface area (Å²) >= 11 is 0. The predicted octanol–water partition coefficient (Wildman–Crippen LogP) is 2.92. The van der Waals surface area contributed by atoms with Crippen molar-refractivity contribution in [2.45, 2.75) is 39.2 Å². The van der Waals surface area contributed by atoms with Crippen molar-refractivity contribution in [2.24, 2.45) is 0 Å². The lowest BCUT2D eigenvalue weighted by Crippen LogP contribution is -2.26. The Morgan fingerprint density at radius 3 is 2.68 bits per heavy atom. The number of rotatable bonds is 2. The first-order valence-corrected chi connectivity index (χ1v) is 6.88. The molecule has 4 heteroatoms.